The Morgan fingerprint density at radius 2 is 1.79 bits per heavy atom. The Morgan fingerprint density at radius 1 is 1.04 bits per heavy atom. The molecule has 5 rings (SSSR count). The molecule has 0 spiro atoms. The summed E-state index contributed by atoms with van der Waals surface area (Å²) >= 11 is 0. The molecule has 4 aliphatic heterocycles. The van der Waals surface area contributed by atoms with E-state index < -0.39 is 0 Å². The molecule has 4 saturated heterocycles. The van der Waals surface area contributed by atoms with Crippen molar-refractivity contribution in [2.24, 2.45) is 22.7 Å². The standard InChI is InChI=1S/C19H32N4O/c1-2-20-19(21-9-13-7-8-22(10-13)14-3-4-14)23-11-15-16(12-23)18-6-5-17(15)24-18/h13-18H,2-12H2,1H3,(H,20,21). The molecule has 5 unspecified atom stereocenters. The lowest BCUT2D eigenvalue weighted by Crippen LogP contribution is -2.41. The summed E-state index contributed by atoms with van der Waals surface area (Å²) in [4.78, 5) is 10.3. The smallest absolute Gasteiger partial charge is 0.193 e. The van der Waals surface area contributed by atoms with E-state index in [1.54, 1.807) is 0 Å². The van der Waals surface area contributed by atoms with Crippen LogP contribution in [0.15, 0.2) is 4.99 Å². The van der Waals surface area contributed by atoms with Gasteiger partial charge in [-0.25, -0.2) is 0 Å². The third kappa shape index (κ3) is 2.74. The minimum atomic E-state index is 0.537. The lowest BCUT2D eigenvalue weighted by atomic mass is 9.82. The molecule has 0 amide bonds. The summed E-state index contributed by atoms with van der Waals surface area (Å²) in [5.41, 5.74) is 0. The van der Waals surface area contributed by atoms with Gasteiger partial charge in [0.25, 0.3) is 0 Å². The molecule has 4 heterocycles. The van der Waals surface area contributed by atoms with Crippen LogP contribution in [0.25, 0.3) is 0 Å². The van der Waals surface area contributed by atoms with Crippen molar-refractivity contribution in [3.05, 3.63) is 0 Å². The molecule has 5 atom stereocenters. The number of ether oxygens (including phenoxy) is 1. The highest BCUT2D eigenvalue weighted by molar-refractivity contribution is 5.80. The zero-order chi connectivity index (χ0) is 16.1. The molecule has 2 bridgehead atoms. The fourth-order valence-electron chi connectivity index (χ4n) is 5.56. The van der Waals surface area contributed by atoms with Crippen molar-refractivity contribution >= 4 is 5.96 Å². The molecule has 1 saturated carbocycles. The van der Waals surface area contributed by atoms with E-state index in [0.717, 1.165) is 55.9 Å². The molecular formula is C19H32N4O. The summed E-state index contributed by atoms with van der Waals surface area (Å²) in [6, 6.07) is 0.917. The van der Waals surface area contributed by atoms with Crippen LogP contribution in [-0.4, -0.2) is 73.3 Å². The minimum absolute atomic E-state index is 0.537. The first-order chi connectivity index (χ1) is 11.8. The lowest BCUT2D eigenvalue weighted by Gasteiger charge is -2.24. The van der Waals surface area contributed by atoms with Crippen LogP contribution >= 0.6 is 0 Å². The van der Waals surface area contributed by atoms with Gasteiger partial charge in [-0.2, -0.15) is 0 Å². The van der Waals surface area contributed by atoms with Crippen LogP contribution < -0.4 is 5.32 Å². The number of nitrogens with zero attached hydrogens (tertiary/aromatic N) is 3. The minimum Gasteiger partial charge on any atom is -0.374 e. The van der Waals surface area contributed by atoms with Crippen LogP contribution in [0.1, 0.15) is 39.0 Å². The number of likely N-dealkylation sites (tertiary alicyclic amines) is 2. The Bertz CT molecular complexity index is 488. The number of aliphatic imine (C=N–C) groups is 1. The van der Waals surface area contributed by atoms with Crippen molar-refractivity contribution in [2.75, 3.05) is 39.3 Å². The number of hydrogen-bond acceptors (Lipinski definition) is 3. The molecule has 0 radical (unpaired) electrons. The lowest BCUT2D eigenvalue weighted by molar-refractivity contribution is 0.0767. The van der Waals surface area contributed by atoms with Gasteiger partial charge in [-0.05, 0) is 51.5 Å². The molecule has 5 nitrogen and oxygen atoms in total. The van der Waals surface area contributed by atoms with E-state index in [1.807, 2.05) is 0 Å². The van der Waals surface area contributed by atoms with E-state index in [4.69, 9.17) is 9.73 Å². The Labute approximate surface area is 145 Å². The van der Waals surface area contributed by atoms with E-state index in [-0.39, 0.29) is 0 Å². The molecule has 0 aromatic carbocycles. The van der Waals surface area contributed by atoms with Crippen molar-refractivity contribution in [2.45, 2.75) is 57.3 Å². The van der Waals surface area contributed by atoms with Crippen LogP contribution in [0, 0.1) is 17.8 Å². The highest BCUT2D eigenvalue weighted by Gasteiger charge is 2.53. The van der Waals surface area contributed by atoms with E-state index in [9.17, 15) is 0 Å². The third-order valence-corrected chi connectivity index (χ3v) is 6.97. The maximum atomic E-state index is 6.12. The number of fused-ring (bicyclic) bond motifs is 5. The predicted octanol–water partition coefficient (Wildman–Crippen LogP) is 1.55. The van der Waals surface area contributed by atoms with Crippen LogP contribution in [0.4, 0.5) is 0 Å². The molecule has 5 heteroatoms. The highest BCUT2D eigenvalue weighted by atomic mass is 16.5. The van der Waals surface area contributed by atoms with Gasteiger partial charge >= 0.3 is 0 Å². The monoisotopic (exact) mass is 332 g/mol. The maximum absolute atomic E-state index is 6.12. The Morgan fingerprint density at radius 3 is 2.46 bits per heavy atom. The number of rotatable bonds is 4. The quantitative estimate of drug-likeness (QED) is 0.626. The van der Waals surface area contributed by atoms with E-state index >= 15 is 0 Å². The van der Waals surface area contributed by atoms with Crippen LogP contribution in [0.3, 0.4) is 0 Å². The van der Waals surface area contributed by atoms with Gasteiger partial charge in [0.1, 0.15) is 0 Å². The van der Waals surface area contributed by atoms with Gasteiger partial charge in [0.15, 0.2) is 5.96 Å². The first-order valence-electron chi connectivity index (χ1n) is 10.2. The van der Waals surface area contributed by atoms with Gasteiger partial charge in [-0.15, -0.1) is 0 Å². The second-order valence-electron chi connectivity index (χ2n) is 8.60. The molecule has 0 aromatic heterocycles. The summed E-state index contributed by atoms with van der Waals surface area (Å²) < 4.78 is 6.12. The average Bonchev–Trinajstić information content (AvgIpc) is 3.02. The number of guanidine groups is 1. The summed E-state index contributed by atoms with van der Waals surface area (Å²) in [5.74, 6) is 3.44. The molecule has 5 aliphatic rings. The first kappa shape index (κ1) is 15.4. The topological polar surface area (TPSA) is 40.1 Å². The van der Waals surface area contributed by atoms with Gasteiger partial charge in [0.05, 0.1) is 12.2 Å². The normalized spacial score (nSPS) is 42.1. The SMILES string of the molecule is CCNC(=NCC1CCN(C2CC2)C1)N1CC2C3CCC(O3)C2C1. The van der Waals surface area contributed by atoms with Crippen molar-refractivity contribution in [3.63, 3.8) is 0 Å². The second-order valence-corrected chi connectivity index (χ2v) is 8.60. The van der Waals surface area contributed by atoms with Crippen LogP contribution in [0.5, 0.6) is 0 Å². The molecule has 134 valence electrons. The molecule has 0 aromatic rings. The largest absolute Gasteiger partial charge is 0.374 e. The molecule has 5 fully saturated rings. The van der Waals surface area contributed by atoms with Gasteiger partial charge in [0, 0.05) is 50.6 Å². The summed E-state index contributed by atoms with van der Waals surface area (Å²) in [6.45, 7) is 9.02. The Kier molecular flexibility index (Phi) is 3.97. The average molecular weight is 332 g/mol. The van der Waals surface area contributed by atoms with Crippen LogP contribution in [0.2, 0.25) is 0 Å². The molecule has 1 aliphatic carbocycles. The Hall–Kier alpha value is -0.810. The predicted molar refractivity (Wildman–Crippen MR) is 95.1 cm³/mol. The van der Waals surface area contributed by atoms with Crippen molar-refractivity contribution in [1.82, 2.24) is 15.1 Å². The van der Waals surface area contributed by atoms with Crippen LogP contribution in [-0.2, 0) is 4.74 Å². The maximum Gasteiger partial charge on any atom is 0.193 e. The number of hydrogen-bond donors (Lipinski definition) is 1. The number of nitrogens with one attached hydrogen (secondary N) is 1. The van der Waals surface area contributed by atoms with Crippen molar-refractivity contribution < 1.29 is 4.74 Å². The summed E-state index contributed by atoms with van der Waals surface area (Å²) in [7, 11) is 0. The van der Waals surface area contributed by atoms with Gasteiger partial charge in [-0.3, -0.25) is 4.99 Å². The third-order valence-electron chi connectivity index (χ3n) is 6.97. The molecular weight excluding hydrogens is 300 g/mol. The summed E-state index contributed by atoms with van der Waals surface area (Å²) in [6.07, 6.45) is 7.84. The van der Waals surface area contributed by atoms with E-state index in [1.165, 1.54) is 45.2 Å². The van der Waals surface area contributed by atoms with E-state index in [2.05, 4.69) is 22.0 Å². The van der Waals surface area contributed by atoms with E-state index in [0.29, 0.717) is 12.2 Å². The van der Waals surface area contributed by atoms with Gasteiger partial charge in [0.2, 0.25) is 0 Å². The first-order valence-corrected chi connectivity index (χ1v) is 10.2. The van der Waals surface area contributed by atoms with Crippen molar-refractivity contribution in [3.8, 4) is 0 Å². The zero-order valence-electron chi connectivity index (χ0n) is 15.0. The Balaban J connectivity index is 1.21. The highest BCUT2D eigenvalue weighted by Crippen LogP contribution is 2.47. The molecule has 24 heavy (non-hydrogen) atoms. The second kappa shape index (κ2) is 6.17. The summed E-state index contributed by atoms with van der Waals surface area (Å²) in [5, 5.41) is 3.56. The molecule has 1 N–H and O–H groups in total. The van der Waals surface area contributed by atoms with Gasteiger partial charge < -0.3 is 19.9 Å². The van der Waals surface area contributed by atoms with Crippen molar-refractivity contribution in [1.29, 1.82) is 0 Å². The fraction of sp³-hybridized carbons (Fsp3) is 0.947. The zero-order valence-corrected chi connectivity index (χ0v) is 15.0. The van der Waals surface area contributed by atoms with Gasteiger partial charge in [-0.1, -0.05) is 0 Å². The fourth-order valence-corrected chi connectivity index (χ4v) is 5.56.